The van der Waals surface area contributed by atoms with E-state index in [9.17, 15) is 32.3 Å². The zero-order valence-corrected chi connectivity index (χ0v) is 11.4. The molecule has 1 N–H and O–H groups in total. The fourth-order valence-electron chi connectivity index (χ4n) is 2.17. The topological polar surface area (TPSA) is 118 Å². The predicted octanol–water partition coefficient (Wildman–Crippen LogP) is 0.492. The van der Waals surface area contributed by atoms with E-state index in [0.717, 1.165) is 17.0 Å². The first-order valence-corrected chi connectivity index (χ1v) is 7.30. The second-order valence-electron chi connectivity index (χ2n) is 4.53. The van der Waals surface area contributed by atoms with Crippen LogP contribution < -0.4 is 4.90 Å². The standard InChI is InChI=1S/C11H11FN2O6S/c12-21(19,20)9-4-11(16)13(5-9)10-2-1-8(14(17)18)3-7(10)6-15/h1-3,9,15H,4-6H2. The molecule has 114 valence electrons. The highest BCUT2D eigenvalue weighted by Gasteiger charge is 2.39. The van der Waals surface area contributed by atoms with Crippen LogP contribution in [0.1, 0.15) is 12.0 Å². The molecule has 8 nitrogen and oxygen atoms in total. The van der Waals surface area contributed by atoms with Crippen molar-refractivity contribution < 1.29 is 27.1 Å². The summed E-state index contributed by atoms with van der Waals surface area (Å²) in [6.07, 6.45) is -0.499. The number of nitro groups is 1. The van der Waals surface area contributed by atoms with Crippen LogP contribution >= 0.6 is 0 Å². The highest BCUT2D eigenvalue weighted by atomic mass is 32.3. The Labute approximate surface area is 119 Å². The van der Waals surface area contributed by atoms with Crippen LogP contribution in [0.2, 0.25) is 0 Å². The number of carbonyl (C=O) groups is 1. The van der Waals surface area contributed by atoms with Crippen molar-refractivity contribution in [3.63, 3.8) is 0 Å². The van der Waals surface area contributed by atoms with Crippen molar-refractivity contribution in [2.75, 3.05) is 11.4 Å². The molecule has 10 heteroatoms. The molecule has 1 unspecified atom stereocenters. The van der Waals surface area contributed by atoms with E-state index in [4.69, 9.17) is 0 Å². The number of carbonyl (C=O) groups excluding carboxylic acids is 1. The Bertz CT molecular complexity index is 705. The van der Waals surface area contributed by atoms with Gasteiger partial charge in [-0.3, -0.25) is 14.9 Å². The lowest BCUT2D eigenvalue weighted by atomic mass is 10.1. The Kier molecular flexibility index (Phi) is 3.92. The summed E-state index contributed by atoms with van der Waals surface area (Å²) in [5.74, 6) is -0.621. The smallest absolute Gasteiger partial charge is 0.307 e. The molecule has 0 saturated carbocycles. The molecule has 0 bridgehead atoms. The van der Waals surface area contributed by atoms with E-state index >= 15 is 0 Å². The van der Waals surface area contributed by atoms with Crippen molar-refractivity contribution in [3.05, 3.63) is 33.9 Å². The fraction of sp³-hybridized carbons (Fsp3) is 0.364. The monoisotopic (exact) mass is 318 g/mol. The molecule has 0 aliphatic carbocycles. The summed E-state index contributed by atoms with van der Waals surface area (Å²) in [7, 11) is -4.85. The van der Waals surface area contributed by atoms with E-state index < -0.39 is 39.3 Å². The lowest BCUT2D eigenvalue weighted by Gasteiger charge is -2.19. The van der Waals surface area contributed by atoms with E-state index in [0.29, 0.717) is 0 Å². The summed E-state index contributed by atoms with van der Waals surface area (Å²) < 4.78 is 34.7. The number of amides is 1. The van der Waals surface area contributed by atoms with Gasteiger partial charge in [0.25, 0.3) is 5.69 Å². The molecular formula is C11H11FN2O6S. The van der Waals surface area contributed by atoms with Crippen LogP contribution in [0.3, 0.4) is 0 Å². The third-order valence-corrected chi connectivity index (χ3v) is 4.33. The highest BCUT2D eigenvalue weighted by molar-refractivity contribution is 7.87. The van der Waals surface area contributed by atoms with E-state index in [1.807, 2.05) is 0 Å². The number of non-ortho nitro benzene ring substituents is 1. The van der Waals surface area contributed by atoms with Gasteiger partial charge in [-0.2, -0.15) is 8.42 Å². The number of aliphatic hydroxyl groups is 1. The Morgan fingerprint density at radius 3 is 2.62 bits per heavy atom. The molecule has 21 heavy (non-hydrogen) atoms. The largest absolute Gasteiger partial charge is 0.392 e. The Morgan fingerprint density at radius 2 is 2.14 bits per heavy atom. The second kappa shape index (κ2) is 5.37. The minimum absolute atomic E-state index is 0.0921. The van der Waals surface area contributed by atoms with Crippen LogP contribution in [-0.4, -0.2) is 36.1 Å². The van der Waals surface area contributed by atoms with E-state index in [-0.39, 0.29) is 23.5 Å². The number of rotatable bonds is 4. The van der Waals surface area contributed by atoms with Crippen molar-refractivity contribution in [2.24, 2.45) is 0 Å². The van der Waals surface area contributed by atoms with Crippen molar-refractivity contribution in [3.8, 4) is 0 Å². The fourth-order valence-corrected chi connectivity index (χ4v) is 2.84. The molecule has 0 spiro atoms. The summed E-state index contributed by atoms with van der Waals surface area (Å²) in [5.41, 5.74) is -0.0437. The number of nitrogens with zero attached hydrogens (tertiary/aromatic N) is 2. The number of benzene rings is 1. The molecular weight excluding hydrogens is 307 g/mol. The van der Waals surface area contributed by atoms with E-state index in [1.165, 1.54) is 6.07 Å². The molecule has 1 aliphatic heterocycles. The van der Waals surface area contributed by atoms with Crippen LogP contribution in [0.25, 0.3) is 0 Å². The van der Waals surface area contributed by atoms with Gasteiger partial charge in [0, 0.05) is 36.3 Å². The molecule has 1 aromatic rings. The summed E-state index contributed by atoms with van der Waals surface area (Å²) >= 11 is 0. The quantitative estimate of drug-likeness (QED) is 0.490. The number of hydrogen-bond acceptors (Lipinski definition) is 6. The zero-order valence-electron chi connectivity index (χ0n) is 10.6. The maximum atomic E-state index is 13.0. The van der Waals surface area contributed by atoms with Crippen LogP contribution in [0.15, 0.2) is 18.2 Å². The van der Waals surface area contributed by atoms with Crippen molar-refractivity contribution in [1.29, 1.82) is 0 Å². The van der Waals surface area contributed by atoms with Crippen LogP contribution in [0.4, 0.5) is 15.3 Å². The Balaban J connectivity index is 2.38. The van der Waals surface area contributed by atoms with Gasteiger partial charge in [0.15, 0.2) is 0 Å². The number of aliphatic hydroxyl groups excluding tert-OH is 1. The highest BCUT2D eigenvalue weighted by Crippen LogP contribution is 2.31. The summed E-state index contributed by atoms with van der Waals surface area (Å²) in [5, 5.41) is 18.4. The summed E-state index contributed by atoms with van der Waals surface area (Å²) in [6, 6.07) is 3.44. The van der Waals surface area contributed by atoms with Gasteiger partial charge in [0.05, 0.1) is 11.5 Å². The Morgan fingerprint density at radius 1 is 1.48 bits per heavy atom. The van der Waals surface area contributed by atoms with Crippen LogP contribution in [-0.2, 0) is 21.6 Å². The van der Waals surface area contributed by atoms with Gasteiger partial charge in [-0.1, -0.05) is 0 Å². The molecule has 0 radical (unpaired) electrons. The number of anilines is 1. The normalized spacial score (nSPS) is 19.0. The van der Waals surface area contributed by atoms with Gasteiger partial charge in [-0.15, -0.1) is 3.89 Å². The van der Waals surface area contributed by atoms with Crippen LogP contribution in [0, 0.1) is 10.1 Å². The average Bonchev–Trinajstić information content (AvgIpc) is 2.79. The number of halogens is 1. The Hall–Kier alpha value is -2.07. The van der Waals surface area contributed by atoms with Gasteiger partial charge in [0.1, 0.15) is 5.25 Å². The first-order chi connectivity index (χ1) is 9.74. The molecule has 2 rings (SSSR count). The van der Waals surface area contributed by atoms with Crippen molar-refractivity contribution in [2.45, 2.75) is 18.3 Å². The molecule has 0 aromatic heterocycles. The van der Waals surface area contributed by atoms with Gasteiger partial charge in [-0.25, -0.2) is 0 Å². The number of hydrogen-bond donors (Lipinski definition) is 1. The average molecular weight is 318 g/mol. The molecule has 1 fully saturated rings. The summed E-state index contributed by atoms with van der Waals surface area (Å²) in [6.45, 7) is -0.962. The van der Waals surface area contributed by atoms with Crippen molar-refractivity contribution in [1.82, 2.24) is 0 Å². The van der Waals surface area contributed by atoms with Crippen LogP contribution in [0.5, 0.6) is 0 Å². The molecule has 1 atom stereocenters. The van der Waals surface area contributed by atoms with Gasteiger partial charge < -0.3 is 10.0 Å². The minimum Gasteiger partial charge on any atom is -0.392 e. The van der Waals surface area contributed by atoms with Crippen molar-refractivity contribution >= 4 is 27.5 Å². The molecule has 1 heterocycles. The van der Waals surface area contributed by atoms with E-state index in [1.54, 1.807) is 0 Å². The minimum atomic E-state index is -4.85. The molecule has 1 saturated heterocycles. The molecule has 1 aromatic carbocycles. The SMILES string of the molecule is O=C1CC(S(=O)(=O)F)CN1c1ccc([N+](=O)[O-])cc1CO. The molecule has 1 aliphatic rings. The lowest BCUT2D eigenvalue weighted by Crippen LogP contribution is -2.27. The molecule has 1 amide bonds. The maximum Gasteiger partial charge on any atom is 0.307 e. The predicted molar refractivity (Wildman–Crippen MR) is 69.8 cm³/mol. The third-order valence-electron chi connectivity index (χ3n) is 3.22. The lowest BCUT2D eigenvalue weighted by molar-refractivity contribution is -0.384. The van der Waals surface area contributed by atoms with E-state index in [2.05, 4.69) is 0 Å². The van der Waals surface area contributed by atoms with Gasteiger partial charge in [-0.05, 0) is 6.07 Å². The third kappa shape index (κ3) is 3.00. The maximum absolute atomic E-state index is 13.0. The zero-order chi connectivity index (χ0) is 15.8. The number of nitro benzene ring substituents is 1. The van der Waals surface area contributed by atoms with Gasteiger partial charge >= 0.3 is 10.2 Å². The second-order valence-corrected chi connectivity index (χ2v) is 6.15. The first kappa shape index (κ1) is 15.3. The summed E-state index contributed by atoms with van der Waals surface area (Å²) in [4.78, 5) is 22.8. The van der Waals surface area contributed by atoms with Gasteiger partial charge in [0.2, 0.25) is 5.91 Å². The first-order valence-electron chi connectivity index (χ1n) is 5.86.